The van der Waals surface area contributed by atoms with Crippen LogP contribution in [0.1, 0.15) is 25.1 Å². The number of aromatic nitrogens is 4. The molecule has 0 bridgehead atoms. The van der Waals surface area contributed by atoms with Crippen molar-refractivity contribution in [2.75, 3.05) is 26.3 Å². The van der Waals surface area contributed by atoms with Crippen molar-refractivity contribution in [1.82, 2.24) is 25.1 Å². The molecule has 2 fully saturated rings. The van der Waals surface area contributed by atoms with Crippen molar-refractivity contribution in [3.8, 4) is 5.75 Å². The Bertz CT molecular complexity index is 656. The Kier molecular flexibility index (Phi) is 5.22. The molecular formula is C18H25N5O2. The van der Waals surface area contributed by atoms with Gasteiger partial charge < -0.3 is 9.47 Å². The Labute approximate surface area is 147 Å². The largest absolute Gasteiger partial charge is 0.489 e. The van der Waals surface area contributed by atoms with Crippen molar-refractivity contribution >= 4 is 0 Å². The standard InChI is InChI=1S/C18H25N5O2/c1-2-4-16(5-3-1)25-17-6-9-22(13-17)14-18-19-20-21-23(18)12-15-7-10-24-11-8-15/h1-5,15,17H,6-14H2. The molecule has 25 heavy (non-hydrogen) atoms. The van der Waals surface area contributed by atoms with E-state index in [9.17, 15) is 0 Å². The van der Waals surface area contributed by atoms with Gasteiger partial charge in [-0.15, -0.1) is 5.10 Å². The van der Waals surface area contributed by atoms with E-state index in [0.29, 0.717) is 5.92 Å². The van der Waals surface area contributed by atoms with Crippen LogP contribution in [0.3, 0.4) is 0 Å². The van der Waals surface area contributed by atoms with E-state index in [1.807, 2.05) is 35.0 Å². The molecule has 0 spiro atoms. The van der Waals surface area contributed by atoms with Crippen molar-refractivity contribution in [3.63, 3.8) is 0 Å². The van der Waals surface area contributed by atoms with Gasteiger partial charge >= 0.3 is 0 Å². The number of tetrazole rings is 1. The van der Waals surface area contributed by atoms with Gasteiger partial charge in [-0.25, -0.2) is 4.68 Å². The number of rotatable bonds is 6. The van der Waals surface area contributed by atoms with Crippen LogP contribution in [0.15, 0.2) is 30.3 Å². The molecule has 0 aliphatic carbocycles. The minimum Gasteiger partial charge on any atom is -0.489 e. The molecule has 4 rings (SSSR count). The second kappa shape index (κ2) is 7.93. The molecule has 1 unspecified atom stereocenters. The smallest absolute Gasteiger partial charge is 0.165 e. The summed E-state index contributed by atoms with van der Waals surface area (Å²) in [7, 11) is 0. The van der Waals surface area contributed by atoms with Crippen molar-refractivity contribution in [3.05, 3.63) is 36.2 Å². The molecule has 134 valence electrons. The fourth-order valence-electron chi connectivity index (χ4n) is 3.58. The van der Waals surface area contributed by atoms with E-state index in [2.05, 4.69) is 20.4 Å². The fraction of sp³-hybridized carbons (Fsp3) is 0.611. The first-order chi connectivity index (χ1) is 12.4. The molecule has 0 N–H and O–H groups in total. The SMILES string of the molecule is c1ccc(OC2CCN(Cc3nnnn3CC3CCOCC3)C2)cc1. The van der Waals surface area contributed by atoms with Crippen molar-refractivity contribution < 1.29 is 9.47 Å². The molecule has 0 amide bonds. The Morgan fingerprint density at radius 1 is 1.12 bits per heavy atom. The van der Waals surface area contributed by atoms with Gasteiger partial charge in [0, 0.05) is 32.8 Å². The van der Waals surface area contributed by atoms with E-state index in [4.69, 9.17) is 9.47 Å². The van der Waals surface area contributed by atoms with Crippen LogP contribution in [0, 0.1) is 5.92 Å². The predicted octanol–water partition coefficient (Wildman–Crippen LogP) is 1.75. The first-order valence-electron chi connectivity index (χ1n) is 9.13. The van der Waals surface area contributed by atoms with Crippen LogP contribution in [-0.4, -0.2) is 57.5 Å². The Morgan fingerprint density at radius 3 is 2.80 bits per heavy atom. The zero-order valence-corrected chi connectivity index (χ0v) is 14.5. The number of likely N-dealkylation sites (tertiary alicyclic amines) is 1. The molecule has 2 aliphatic heterocycles. The van der Waals surface area contributed by atoms with Gasteiger partial charge in [-0.1, -0.05) is 18.2 Å². The minimum absolute atomic E-state index is 0.238. The first-order valence-corrected chi connectivity index (χ1v) is 9.13. The van der Waals surface area contributed by atoms with Gasteiger partial charge in [0.2, 0.25) is 0 Å². The van der Waals surface area contributed by atoms with Gasteiger partial charge in [0.15, 0.2) is 5.82 Å². The summed E-state index contributed by atoms with van der Waals surface area (Å²) in [5.74, 6) is 2.51. The van der Waals surface area contributed by atoms with Crippen LogP contribution in [0.25, 0.3) is 0 Å². The molecule has 7 nitrogen and oxygen atoms in total. The maximum atomic E-state index is 6.06. The highest BCUT2D eigenvalue weighted by Crippen LogP contribution is 2.20. The second-order valence-electron chi connectivity index (χ2n) is 6.91. The monoisotopic (exact) mass is 343 g/mol. The van der Waals surface area contributed by atoms with Crippen molar-refractivity contribution in [1.29, 1.82) is 0 Å². The van der Waals surface area contributed by atoms with E-state index in [0.717, 1.165) is 70.2 Å². The van der Waals surface area contributed by atoms with E-state index < -0.39 is 0 Å². The van der Waals surface area contributed by atoms with Crippen LogP contribution >= 0.6 is 0 Å². The molecular weight excluding hydrogens is 318 g/mol. The third-order valence-electron chi connectivity index (χ3n) is 5.02. The van der Waals surface area contributed by atoms with Crippen LogP contribution in [0.2, 0.25) is 0 Å². The Balaban J connectivity index is 1.30. The summed E-state index contributed by atoms with van der Waals surface area (Å²) in [6, 6.07) is 10.0. The topological polar surface area (TPSA) is 65.3 Å². The number of nitrogens with zero attached hydrogens (tertiary/aromatic N) is 5. The van der Waals surface area contributed by atoms with E-state index in [-0.39, 0.29) is 6.10 Å². The maximum Gasteiger partial charge on any atom is 0.165 e. The van der Waals surface area contributed by atoms with Crippen molar-refractivity contribution in [2.45, 2.75) is 38.5 Å². The number of para-hydroxylation sites is 1. The summed E-state index contributed by atoms with van der Waals surface area (Å²) in [6.45, 7) is 5.31. The molecule has 0 radical (unpaired) electrons. The number of ether oxygens (including phenoxy) is 2. The fourth-order valence-corrected chi connectivity index (χ4v) is 3.58. The molecule has 2 aromatic rings. The summed E-state index contributed by atoms with van der Waals surface area (Å²) < 4.78 is 13.5. The maximum absolute atomic E-state index is 6.06. The number of benzene rings is 1. The van der Waals surface area contributed by atoms with Crippen LogP contribution in [0.4, 0.5) is 0 Å². The van der Waals surface area contributed by atoms with Gasteiger partial charge in [-0.2, -0.15) is 0 Å². The van der Waals surface area contributed by atoms with Crippen LogP contribution < -0.4 is 4.74 Å². The summed E-state index contributed by atoms with van der Waals surface area (Å²) in [5, 5.41) is 12.3. The molecule has 2 saturated heterocycles. The molecule has 2 aliphatic rings. The molecule has 1 aromatic heterocycles. The Hall–Kier alpha value is -1.99. The third-order valence-corrected chi connectivity index (χ3v) is 5.02. The lowest BCUT2D eigenvalue weighted by molar-refractivity contribution is 0.0594. The summed E-state index contributed by atoms with van der Waals surface area (Å²) in [4.78, 5) is 2.37. The quantitative estimate of drug-likeness (QED) is 0.796. The first kappa shape index (κ1) is 16.5. The lowest BCUT2D eigenvalue weighted by Crippen LogP contribution is -2.27. The predicted molar refractivity (Wildman–Crippen MR) is 92.1 cm³/mol. The number of hydrogen-bond donors (Lipinski definition) is 0. The highest BCUT2D eigenvalue weighted by atomic mass is 16.5. The molecule has 7 heteroatoms. The lowest BCUT2D eigenvalue weighted by Gasteiger charge is -2.22. The highest BCUT2D eigenvalue weighted by Gasteiger charge is 2.26. The second-order valence-corrected chi connectivity index (χ2v) is 6.91. The van der Waals surface area contributed by atoms with Gasteiger partial charge in [0.25, 0.3) is 0 Å². The number of hydrogen-bond acceptors (Lipinski definition) is 6. The zero-order valence-electron chi connectivity index (χ0n) is 14.5. The van der Waals surface area contributed by atoms with E-state index >= 15 is 0 Å². The summed E-state index contributed by atoms with van der Waals surface area (Å²) >= 11 is 0. The normalized spacial score (nSPS) is 22.3. The average Bonchev–Trinajstić information content (AvgIpc) is 3.27. The van der Waals surface area contributed by atoms with E-state index in [1.54, 1.807) is 0 Å². The van der Waals surface area contributed by atoms with Gasteiger partial charge in [0.05, 0.1) is 6.54 Å². The molecule has 0 saturated carbocycles. The van der Waals surface area contributed by atoms with Gasteiger partial charge in [0.1, 0.15) is 11.9 Å². The zero-order chi connectivity index (χ0) is 16.9. The Morgan fingerprint density at radius 2 is 1.96 bits per heavy atom. The van der Waals surface area contributed by atoms with Gasteiger partial charge in [-0.3, -0.25) is 4.90 Å². The molecule has 1 atom stereocenters. The van der Waals surface area contributed by atoms with Gasteiger partial charge in [-0.05, 0) is 47.7 Å². The molecule has 1 aromatic carbocycles. The van der Waals surface area contributed by atoms with Crippen molar-refractivity contribution in [2.24, 2.45) is 5.92 Å². The average molecular weight is 343 g/mol. The minimum atomic E-state index is 0.238. The summed E-state index contributed by atoms with van der Waals surface area (Å²) in [5.41, 5.74) is 0. The molecule has 3 heterocycles. The van der Waals surface area contributed by atoms with Crippen LogP contribution in [-0.2, 0) is 17.8 Å². The van der Waals surface area contributed by atoms with Crippen LogP contribution in [0.5, 0.6) is 5.75 Å². The van der Waals surface area contributed by atoms with E-state index in [1.165, 1.54) is 0 Å². The third kappa shape index (κ3) is 4.35. The summed E-state index contributed by atoms with van der Waals surface area (Å²) in [6.07, 6.45) is 3.46. The highest BCUT2D eigenvalue weighted by molar-refractivity contribution is 5.21. The lowest BCUT2D eigenvalue weighted by atomic mass is 10.0.